The smallest absolute Gasteiger partial charge is 0.191 e. The number of halogens is 1. The molecule has 0 radical (unpaired) electrons. The van der Waals surface area contributed by atoms with Crippen molar-refractivity contribution in [3.63, 3.8) is 0 Å². The van der Waals surface area contributed by atoms with Crippen molar-refractivity contribution in [2.75, 3.05) is 19.3 Å². The van der Waals surface area contributed by atoms with E-state index >= 15 is 0 Å². The number of sulfone groups is 1. The summed E-state index contributed by atoms with van der Waals surface area (Å²) < 4.78 is 28.5. The van der Waals surface area contributed by atoms with E-state index in [0.717, 1.165) is 54.3 Å². The van der Waals surface area contributed by atoms with Gasteiger partial charge in [0.05, 0.1) is 17.1 Å². The third kappa shape index (κ3) is 7.61. The first kappa shape index (κ1) is 25.4. The Hall–Kier alpha value is -1.62. The quantitative estimate of drug-likeness (QED) is 0.292. The summed E-state index contributed by atoms with van der Waals surface area (Å²) in [4.78, 5) is 5.01. The van der Waals surface area contributed by atoms with Crippen molar-refractivity contribution in [3.8, 4) is 0 Å². The van der Waals surface area contributed by atoms with Crippen LogP contribution in [0.3, 0.4) is 0 Å². The molecule has 0 unspecified atom stereocenters. The van der Waals surface area contributed by atoms with Gasteiger partial charge in [0.2, 0.25) is 0 Å². The fourth-order valence-corrected chi connectivity index (χ4v) is 3.48. The van der Waals surface area contributed by atoms with Crippen LogP contribution in [-0.2, 0) is 35.6 Å². The predicted molar refractivity (Wildman–Crippen MR) is 127 cm³/mol. The normalized spacial score (nSPS) is 11.8. The van der Waals surface area contributed by atoms with Crippen molar-refractivity contribution in [1.29, 1.82) is 0 Å². The standard InChI is InChI=1S/C20H30N4O3S.HI/c1-5-18-17(19(6-2)27-24-18)14-23-20(21-7-3)22-13-12-15-8-10-16(11-9-15)28(4,25)26;/h8-11H,5-7,12-14H2,1-4H3,(H2,21,22,23);1H. The van der Waals surface area contributed by atoms with E-state index in [1.54, 1.807) is 12.1 Å². The van der Waals surface area contributed by atoms with Crippen LogP contribution in [-0.4, -0.2) is 38.9 Å². The number of nitrogens with one attached hydrogen (secondary N) is 2. The molecule has 1 aromatic heterocycles. The Morgan fingerprint density at radius 1 is 1.10 bits per heavy atom. The maximum atomic E-state index is 11.5. The molecule has 0 amide bonds. The molecule has 0 atom stereocenters. The first-order valence-electron chi connectivity index (χ1n) is 9.66. The zero-order valence-corrected chi connectivity index (χ0v) is 20.6. The van der Waals surface area contributed by atoms with Gasteiger partial charge in [-0.15, -0.1) is 24.0 Å². The molecule has 0 bridgehead atoms. The Bertz CT molecular complexity index is 871. The number of hydrogen-bond acceptors (Lipinski definition) is 5. The summed E-state index contributed by atoms with van der Waals surface area (Å²) in [5.74, 6) is 1.63. The molecule has 0 saturated carbocycles. The van der Waals surface area contributed by atoms with Gasteiger partial charge >= 0.3 is 0 Å². The number of rotatable bonds is 9. The zero-order chi connectivity index (χ0) is 20.6. The van der Waals surface area contributed by atoms with Gasteiger partial charge in [0.1, 0.15) is 5.76 Å². The van der Waals surface area contributed by atoms with Gasteiger partial charge in [-0.3, -0.25) is 0 Å². The average molecular weight is 534 g/mol. The highest BCUT2D eigenvalue weighted by Crippen LogP contribution is 2.16. The molecule has 1 aromatic carbocycles. The van der Waals surface area contributed by atoms with Gasteiger partial charge in [-0.05, 0) is 37.5 Å². The molecule has 0 aliphatic rings. The van der Waals surface area contributed by atoms with Crippen molar-refractivity contribution >= 4 is 39.8 Å². The minimum atomic E-state index is -3.16. The summed E-state index contributed by atoms with van der Waals surface area (Å²) in [6.07, 6.45) is 3.60. The molecular weight excluding hydrogens is 503 g/mol. The van der Waals surface area contributed by atoms with Crippen LogP contribution in [0.15, 0.2) is 38.7 Å². The van der Waals surface area contributed by atoms with Gasteiger partial charge in [-0.2, -0.15) is 0 Å². The van der Waals surface area contributed by atoms with Gasteiger partial charge in [0.25, 0.3) is 0 Å². The zero-order valence-electron chi connectivity index (χ0n) is 17.5. The summed E-state index contributed by atoms with van der Waals surface area (Å²) in [6.45, 7) is 8.10. The number of aromatic nitrogens is 1. The Morgan fingerprint density at radius 2 is 1.79 bits per heavy atom. The molecule has 0 aliphatic carbocycles. The number of nitrogens with zero attached hydrogens (tertiary/aromatic N) is 2. The summed E-state index contributed by atoms with van der Waals surface area (Å²) in [6, 6.07) is 6.99. The summed E-state index contributed by atoms with van der Waals surface area (Å²) >= 11 is 0. The maximum absolute atomic E-state index is 11.5. The minimum Gasteiger partial charge on any atom is -0.361 e. The number of hydrogen-bond donors (Lipinski definition) is 2. The van der Waals surface area contributed by atoms with E-state index in [1.807, 2.05) is 26.0 Å². The number of aliphatic imine (C=N–C) groups is 1. The van der Waals surface area contributed by atoms with Crippen molar-refractivity contribution in [3.05, 3.63) is 46.8 Å². The van der Waals surface area contributed by atoms with E-state index in [4.69, 9.17) is 4.52 Å². The molecule has 162 valence electrons. The lowest BCUT2D eigenvalue weighted by Crippen LogP contribution is -2.38. The van der Waals surface area contributed by atoms with E-state index in [2.05, 4.69) is 27.7 Å². The lowest BCUT2D eigenvalue weighted by molar-refractivity contribution is 0.380. The second-order valence-electron chi connectivity index (χ2n) is 6.53. The lowest BCUT2D eigenvalue weighted by Gasteiger charge is -2.11. The third-order valence-corrected chi connectivity index (χ3v) is 5.53. The highest BCUT2D eigenvalue weighted by molar-refractivity contribution is 14.0. The van der Waals surface area contributed by atoms with Crippen LogP contribution in [0, 0.1) is 0 Å². The van der Waals surface area contributed by atoms with Crippen LogP contribution in [0.1, 0.15) is 43.4 Å². The van der Waals surface area contributed by atoms with Crippen molar-refractivity contribution in [1.82, 2.24) is 15.8 Å². The lowest BCUT2D eigenvalue weighted by atomic mass is 10.1. The SMILES string of the molecule is CCNC(=NCc1c(CC)noc1CC)NCCc1ccc(S(C)(=O)=O)cc1.I. The van der Waals surface area contributed by atoms with Crippen LogP contribution in [0.5, 0.6) is 0 Å². The topological polar surface area (TPSA) is 96.6 Å². The van der Waals surface area contributed by atoms with Crippen LogP contribution in [0.25, 0.3) is 0 Å². The fraction of sp³-hybridized carbons (Fsp3) is 0.500. The van der Waals surface area contributed by atoms with Crippen molar-refractivity contribution in [2.45, 2.75) is 51.5 Å². The van der Waals surface area contributed by atoms with E-state index in [9.17, 15) is 8.42 Å². The highest BCUT2D eigenvalue weighted by atomic mass is 127. The van der Waals surface area contributed by atoms with Gasteiger partial charge in [-0.25, -0.2) is 13.4 Å². The number of guanidine groups is 1. The van der Waals surface area contributed by atoms with E-state index in [0.29, 0.717) is 18.0 Å². The number of benzene rings is 1. The first-order valence-corrected chi connectivity index (χ1v) is 11.6. The largest absolute Gasteiger partial charge is 0.361 e. The van der Waals surface area contributed by atoms with Crippen molar-refractivity contribution in [2.24, 2.45) is 4.99 Å². The number of aryl methyl sites for hydroxylation is 2. The van der Waals surface area contributed by atoms with Gasteiger partial charge in [0, 0.05) is 31.3 Å². The fourth-order valence-electron chi connectivity index (χ4n) is 2.85. The molecule has 2 N–H and O–H groups in total. The molecule has 9 heteroatoms. The van der Waals surface area contributed by atoms with E-state index in [1.165, 1.54) is 6.26 Å². The van der Waals surface area contributed by atoms with Crippen LogP contribution >= 0.6 is 24.0 Å². The average Bonchev–Trinajstić information content (AvgIpc) is 3.07. The first-order chi connectivity index (χ1) is 13.4. The Balaban J connectivity index is 0.00000420. The molecule has 0 aliphatic heterocycles. The monoisotopic (exact) mass is 534 g/mol. The molecule has 2 rings (SSSR count). The summed E-state index contributed by atoms with van der Waals surface area (Å²) in [5.41, 5.74) is 3.09. The van der Waals surface area contributed by atoms with E-state index in [-0.39, 0.29) is 24.0 Å². The Kier molecular flexibility index (Phi) is 10.7. The van der Waals surface area contributed by atoms with Crippen LogP contribution < -0.4 is 10.6 Å². The molecule has 0 spiro atoms. The summed E-state index contributed by atoms with van der Waals surface area (Å²) in [5, 5.41) is 10.7. The summed E-state index contributed by atoms with van der Waals surface area (Å²) in [7, 11) is -3.16. The second-order valence-corrected chi connectivity index (χ2v) is 8.54. The maximum Gasteiger partial charge on any atom is 0.191 e. The van der Waals surface area contributed by atoms with Crippen molar-refractivity contribution < 1.29 is 12.9 Å². The molecular formula is C20H31IN4O3S. The highest BCUT2D eigenvalue weighted by Gasteiger charge is 2.13. The Labute approximate surface area is 190 Å². The van der Waals surface area contributed by atoms with Crippen LogP contribution in [0.4, 0.5) is 0 Å². The van der Waals surface area contributed by atoms with E-state index < -0.39 is 9.84 Å². The predicted octanol–water partition coefficient (Wildman–Crippen LogP) is 3.12. The molecule has 0 saturated heterocycles. The molecule has 2 aromatic rings. The minimum absolute atomic E-state index is 0. The Morgan fingerprint density at radius 3 is 2.34 bits per heavy atom. The van der Waals surface area contributed by atoms with Gasteiger partial charge in [-0.1, -0.05) is 31.1 Å². The molecule has 7 nitrogen and oxygen atoms in total. The second kappa shape index (κ2) is 12.2. The molecule has 29 heavy (non-hydrogen) atoms. The van der Waals surface area contributed by atoms with Crippen LogP contribution in [0.2, 0.25) is 0 Å². The third-order valence-electron chi connectivity index (χ3n) is 4.40. The molecule has 0 fully saturated rings. The van der Waals surface area contributed by atoms with Gasteiger partial charge < -0.3 is 15.2 Å². The molecule has 1 heterocycles. The van der Waals surface area contributed by atoms with Gasteiger partial charge in [0.15, 0.2) is 15.8 Å².